The Balaban J connectivity index is 1.92. The van der Waals surface area contributed by atoms with Crippen LogP contribution in [0.25, 0.3) is 0 Å². The van der Waals surface area contributed by atoms with Gasteiger partial charge >= 0.3 is 0 Å². The summed E-state index contributed by atoms with van der Waals surface area (Å²) in [4.78, 5) is 13.1. The molecule has 0 saturated carbocycles. The molecule has 0 aliphatic carbocycles. The van der Waals surface area contributed by atoms with Gasteiger partial charge in [0.15, 0.2) is 11.5 Å². The SMILES string of the molecule is CCC(NC(=O)CN(c1ccc(F)c(Cl)c1)S(=O)(=O)c1ccccc1)c1ccc(OC)c(OC)c1. The Labute approximate surface area is 209 Å². The normalized spacial score (nSPS) is 12.0. The van der Waals surface area contributed by atoms with Gasteiger partial charge in [-0.15, -0.1) is 0 Å². The van der Waals surface area contributed by atoms with Crippen LogP contribution in [0.15, 0.2) is 71.6 Å². The Morgan fingerprint density at radius 2 is 1.71 bits per heavy atom. The molecule has 0 fully saturated rings. The van der Waals surface area contributed by atoms with Gasteiger partial charge < -0.3 is 14.8 Å². The average Bonchev–Trinajstić information content (AvgIpc) is 2.87. The molecule has 7 nitrogen and oxygen atoms in total. The van der Waals surface area contributed by atoms with Gasteiger partial charge in [0.05, 0.1) is 35.9 Å². The second kappa shape index (κ2) is 11.4. The molecule has 0 spiro atoms. The molecule has 1 amide bonds. The molecule has 0 saturated heterocycles. The first-order valence-corrected chi connectivity index (χ1v) is 12.6. The molecule has 35 heavy (non-hydrogen) atoms. The van der Waals surface area contributed by atoms with Crippen LogP contribution in [0.5, 0.6) is 11.5 Å². The zero-order valence-corrected chi connectivity index (χ0v) is 21.1. The monoisotopic (exact) mass is 520 g/mol. The van der Waals surface area contributed by atoms with Crippen LogP contribution in [0.1, 0.15) is 24.9 Å². The van der Waals surface area contributed by atoms with Crippen molar-refractivity contribution < 1.29 is 27.1 Å². The number of hydrogen-bond acceptors (Lipinski definition) is 5. The lowest BCUT2D eigenvalue weighted by Crippen LogP contribution is -2.42. The van der Waals surface area contributed by atoms with Crippen LogP contribution in [-0.2, 0) is 14.8 Å². The highest BCUT2D eigenvalue weighted by Gasteiger charge is 2.28. The molecule has 0 radical (unpaired) electrons. The number of amides is 1. The van der Waals surface area contributed by atoms with Crippen LogP contribution in [0.4, 0.5) is 10.1 Å². The summed E-state index contributed by atoms with van der Waals surface area (Å²) in [6.07, 6.45) is 0.537. The third-order valence-electron chi connectivity index (χ3n) is 5.36. The summed E-state index contributed by atoms with van der Waals surface area (Å²) >= 11 is 5.91. The first kappa shape index (κ1) is 26.3. The summed E-state index contributed by atoms with van der Waals surface area (Å²) in [5, 5.41) is 2.62. The van der Waals surface area contributed by atoms with Crippen LogP contribution in [0, 0.1) is 5.82 Å². The number of nitrogens with zero attached hydrogens (tertiary/aromatic N) is 1. The molecule has 186 valence electrons. The predicted molar refractivity (Wildman–Crippen MR) is 133 cm³/mol. The Kier molecular flexibility index (Phi) is 8.58. The fraction of sp³-hybridized carbons (Fsp3) is 0.240. The second-order valence-electron chi connectivity index (χ2n) is 7.57. The van der Waals surface area contributed by atoms with Crippen molar-refractivity contribution in [1.82, 2.24) is 5.32 Å². The van der Waals surface area contributed by atoms with E-state index in [0.717, 1.165) is 15.9 Å². The fourth-order valence-electron chi connectivity index (χ4n) is 3.54. The van der Waals surface area contributed by atoms with Gasteiger partial charge in [0.1, 0.15) is 12.4 Å². The number of carbonyl (C=O) groups excluding carboxylic acids is 1. The zero-order valence-electron chi connectivity index (χ0n) is 19.5. The van der Waals surface area contributed by atoms with E-state index in [1.807, 2.05) is 6.92 Å². The van der Waals surface area contributed by atoms with E-state index in [-0.39, 0.29) is 15.6 Å². The summed E-state index contributed by atoms with van der Waals surface area (Å²) < 4.78 is 52.1. The minimum Gasteiger partial charge on any atom is -0.493 e. The number of methoxy groups -OCH3 is 2. The summed E-state index contributed by atoms with van der Waals surface area (Å²) in [6.45, 7) is 1.35. The molecule has 3 aromatic rings. The maximum atomic E-state index is 13.8. The average molecular weight is 521 g/mol. The molecule has 0 aliphatic rings. The minimum atomic E-state index is -4.15. The second-order valence-corrected chi connectivity index (χ2v) is 9.84. The van der Waals surface area contributed by atoms with Crippen LogP contribution in [0.3, 0.4) is 0 Å². The quantitative estimate of drug-likeness (QED) is 0.408. The van der Waals surface area contributed by atoms with E-state index < -0.39 is 34.3 Å². The molecular formula is C25H26ClFN2O5S. The number of rotatable bonds is 10. The van der Waals surface area contributed by atoms with Crippen molar-refractivity contribution in [3.05, 3.63) is 83.1 Å². The number of carbonyl (C=O) groups is 1. The lowest BCUT2D eigenvalue weighted by molar-refractivity contribution is -0.120. The number of nitrogens with one attached hydrogen (secondary N) is 1. The molecule has 3 rings (SSSR count). The first-order valence-electron chi connectivity index (χ1n) is 10.7. The van der Waals surface area contributed by atoms with Crippen LogP contribution >= 0.6 is 11.6 Å². The highest BCUT2D eigenvalue weighted by Crippen LogP contribution is 2.31. The van der Waals surface area contributed by atoms with Gasteiger partial charge in [-0.2, -0.15) is 0 Å². The van der Waals surface area contributed by atoms with E-state index in [1.165, 1.54) is 38.5 Å². The standard InChI is InChI=1S/C25H26ClFN2O5S/c1-4-22(17-10-13-23(33-2)24(14-17)34-3)28-25(30)16-29(18-11-12-21(27)20(26)15-18)35(31,32)19-8-6-5-7-9-19/h5-15,22H,4,16H2,1-3H3,(H,28,30). The predicted octanol–water partition coefficient (Wildman–Crippen LogP) is 4.96. The summed E-state index contributed by atoms with van der Waals surface area (Å²) in [7, 11) is -1.11. The topological polar surface area (TPSA) is 84.9 Å². The largest absolute Gasteiger partial charge is 0.493 e. The van der Waals surface area contributed by atoms with Gasteiger partial charge in [-0.1, -0.05) is 42.8 Å². The zero-order chi connectivity index (χ0) is 25.6. The molecular weight excluding hydrogens is 495 g/mol. The summed E-state index contributed by atoms with van der Waals surface area (Å²) in [6, 6.07) is 16.0. The highest BCUT2D eigenvalue weighted by atomic mass is 35.5. The van der Waals surface area contributed by atoms with E-state index in [1.54, 1.807) is 36.4 Å². The third-order valence-corrected chi connectivity index (χ3v) is 7.44. The Bertz CT molecular complexity index is 1290. The smallest absolute Gasteiger partial charge is 0.264 e. The molecule has 3 aromatic carbocycles. The van der Waals surface area contributed by atoms with Crippen molar-refractivity contribution in [3.8, 4) is 11.5 Å². The van der Waals surface area contributed by atoms with Gasteiger partial charge in [0.2, 0.25) is 5.91 Å². The summed E-state index contributed by atoms with van der Waals surface area (Å²) in [5.41, 5.74) is 0.829. The van der Waals surface area contributed by atoms with E-state index in [0.29, 0.717) is 17.9 Å². The van der Waals surface area contributed by atoms with E-state index in [4.69, 9.17) is 21.1 Å². The molecule has 1 unspecified atom stereocenters. The number of hydrogen-bond donors (Lipinski definition) is 1. The van der Waals surface area contributed by atoms with Gasteiger partial charge in [0, 0.05) is 0 Å². The number of anilines is 1. The van der Waals surface area contributed by atoms with Gasteiger partial charge in [-0.3, -0.25) is 9.10 Å². The van der Waals surface area contributed by atoms with Crippen molar-refractivity contribution in [2.45, 2.75) is 24.3 Å². The van der Waals surface area contributed by atoms with Crippen LogP contribution < -0.4 is 19.1 Å². The summed E-state index contributed by atoms with van der Waals surface area (Å²) in [5.74, 6) is -0.194. The van der Waals surface area contributed by atoms with Gasteiger partial charge in [-0.05, 0) is 54.4 Å². The van der Waals surface area contributed by atoms with Gasteiger partial charge in [0.25, 0.3) is 10.0 Å². The highest BCUT2D eigenvalue weighted by molar-refractivity contribution is 7.92. The molecule has 0 heterocycles. The Morgan fingerprint density at radius 1 is 1.03 bits per heavy atom. The van der Waals surface area contributed by atoms with Gasteiger partial charge in [-0.25, -0.2) is 12.8 Å². The lowest BCUT2D eigenvalue weighted by Gasteiger charge is -2.26. The molecule has 0 bridgehead atoms. The maximum absolute atomic E-state index is 13.8. The van der Waals surface area contributed by atoms with Crippen LogP contribution in [-0.4, -0.2) is 35.1 Å². The lowest BCUT2D eigenvalue weighted by atomic mass is 10.0. The Hall–Kier alpha value is -3.30. The number of halogens is 2. The number of benzene rings is 3. The molecule has 0 aliphatic heterocycles. The Morgan fingerprint density at radius 3 is 2.31 bits per heavy atom. The molecule has 1 atom stereocenters. The van der Waals surface area contributed by atoms with E-state index >= 15 is 0 Å². The van der Waals surface area contributed by atoms with Crippen molar-refractivity contribution in [1.29, 1.82) is 0 Å². The molecule has 1 N–H and O–H groups in total. The first-order chi connectivity index (χ1) is 16.7. The van der Waals surface area contributed by atoms with Crippen molar-refractivity contribution in [3.63, 3.8) is 0 Å². The molecule has 10 heteroatoms. The maximum Gasteiger partial charge on any atom is 0.264 e. The van der Waals surface area contributed by atoms with Crippen LogP contribution in [0.2, 0.25) is 5.02 Å². The fourth-order valence-corrected chi connectivity index (χ4v) is 5.14. The van der Waals surface area contributed by atoms with E-state index in [9.17, 15) is 17.6 Å². The number of ether oxygens (including phenoxy) is 2. The molecule has 0 aromatic heterocycles. The van der Waals surface area contributed by atoms with Crippen molar-refractivity contribution >= 4 is 33.2 Å². The van der Waals surface area contributed by atoms with Crippen molar-refractivity contribution in [2.75, 3.05) is 25.1 Å². The minimum absolute atomic E-state index is 0.0137. The van der Waals surface area contributed by atoms with Crippen molar-refractivity contribution in [2.24, 2.45) is 0 Å². The van der Waals surface area contributed by atoms with E-state index in [2.05, 4.69) is 5.32 Å². The number of sulfonamides is 1. The third kappa shape index (κ3) is 6.04.